The van der Waals surface area contributed by atoms with E-state index in [1.165, 1.54) is 11.9 Å². The van der Waals surface area contributed by atoms with Crippen LogP contribution in [0.1, 0.15) is 6.92 Å². The topological polar surface area (TPSA) is 98.8 Å². The van der Waals surface area contributed by atoms with Gasteiger partial charge in [-0.05, 0) is 12.5 Å². The highest BCUT2D eigenvalue weighted by Gasteiger charge is 2.31. The van der Waals surface area contributed by atoms with Gasteiger partial charge >= 0.3 is 6.03 Å². The predicted molar refractivity (Wildman–Crippen MR) is 78.9 cm³/mol. The number of thiol groups is 1. The molecule has 118 valence electrons. The van der Waals surface area contributed by atoms with E-state index in [1.54, 1.807) is 19.1 Å². The minimum Gasteiger partial charge on any atom is -0.358 e. The Balaban J connectivity index is 2.72. The Bertz CT molecular complexity index is 521. The summed E-state index contributed by atoms with van der Waals surface area (Å²) in [5, 5.41) is 5.46. The molecule has 21 heavy (non-hydrogen) atoms. The Morgan fingerprint density at radius 1 is 1.48 bits per heavy atom. The molecular formula is C12H20N4O4S. The van der Waals surface area contributed by atoms with Gasteiger partial charge in [-0.25, -0.2) is 17.5 Å². The summed E-state index contributed by atoms with van der Waals surface area (Å²) in [6, 6.07) is -1.24. The van der Waals surface area contributed by atoms with Crippen LogP contribution in [-0.2, 0) is 15.7 Å². The summed E-state index contributed by atoms with van der Waals surface area (Å²) in [6.45, 7) is 5.90. The lowest BCUT2D eigenvalue weighted by Gasteiger charge is -2.22. The van der Waals surface area contributed by atoms with Gasteiger partial charge in [0, 0.05) is 13.6 Å². The van der Waals surface area contributed by atoms with E-state index in [-0.39, 0.29) is 25.7 Å². The largest absolute Gasteiger partial charge is 0.358 e. The number of allylic oxidation sites excluding steroid dienone is 1. The minimum atomic E-state index is -2.92. The van der Waals surface area contributed by atoms with Gasteiger partial charge < -0.3 is 10.2 Å². The normalized spacial score (nSPS) is 17.3. The number of rotatable bonds is 7. The summed E-state index contributed by atoms with van der Waals surface area (Å²) in [6.07, 6.45) is 3.30. The molecule has 0 aromatic carbocycles. The van der Waals surface area contributed by atoms with Crippen molar-refractivity contribution in [1.82, 2.24) is 19.8 Å². The van der Waals surface area contributed by atoms with E-state index in [4.69, 9.17) is 0 Å². The van der Waals surface area contributed by atoms with Crippen molar-refractivity contribution in [1.29, 1.82) is 0 Å². The molecule has 0 bridgehead atoms. The van der Waals surface area contributed by atoms with Crippen molar-refractivity contribution in [3.8, 4) is 0 Å². The maximum atomic E-state index is 11.9. The Kier molecular flexibility index (Phi) is 6.38. The lowest BCUT2D eigenvalue weighted by Crippen LogP contribution is -2.49. The molecule has 0 radical (unpaired) electrons. The molecule has 0 saturated carbocycles. The number of nitrogens with zero attached hydrogens (tertiary/aromatic N) is 2. The minimum absolute atomic E-state index is 0.0712. The molecule has 0 spiro atoms. The number of amides is 3. The molecule has 1 heterocycles. The fourth-order valence-corrected chi connectivity index (χ4v) is 2.50. The van der Waals surface area contributed by atoms with Gasteiger partial charge in [-0.1, -0.05) is 18.7 Å². The first kappa shape index (κ1) is 17.2. The third kappa shape index (κ3) is 4.05. The SMILES string of the molecule is C=C/C(=C\C)C(NCN1CCN([SH](=O)=O)C1=O)C(=O)NC. The smallest absolute Gasteiger partial charge is 0.334 e. The van der Waals surface area contributed by atoms with E-state index in [2.05, 4.69) is 17.2 Å². The van der Waals surface area contributed by atoms with Crippen LogP contribution in [0.2, 0.25) is 0 Å². The lowest BCUT2D eigenvalue weighted by atomic mass is 10.1. The van der Waals surface area contributed by atoms with Gasteiger partial charge in [0.2, 0.25) is 16.8 Å². The van der Waals surface area contributed by atoms with Gasteiger partial charge in [-0.15, -0.1) is 0 Å². The molecule has 1 fully saturated rings. The van der Waals surface area contributed by atoms with Crippen molar-refractivity contribution >= 4 is 22.8 Å². The molecule has 1 aliphatic heterocycles. The molecule has 9 heteroatoms. The van der Waals surface area contributed by atoms with Crippen molar-refractivity contribution < 1.29 is 18.0 Å². The number of carbonyl (C=O) groups excluding carboxylic acids is 2. The fourth-order valence-electron chi connectivity index (χ4n) is 1.98. The number of nitrogens with one attached hydrogen (secondary N) is 2. The van der Waals surface area contributed by atoms with Crippen LogP contribution in [0.25, 0.3) is 0 Å². The highest BCUT2D eigenvalue weighted by Crippen LogP contribution is 2.09. The van der Waals surface area contributed by atoms with Gasteiger partial charge in [0.25, 0.3) is 0 Å². The molecule has 3 amide bonds. The molecule has 1 unspecified atom stereocenters. The van der Waals surface area contributed by atoms with Crippen LogP contribution >= 0.6 is 0 Å². The van der Waals surface area contributed by atoms with Crippen molar-refractivity contribution in [3.05, 3.63) is 24.3 Å². The maximum absolute atomic E-state index is 11.9. The summed E-state index contributed by atoms with van der Waals surface area (Å²) < 4.78 is 22.5. The molecule has 0 aromatic heterocycles. The van der Waals surface area contributed by atoms with E-state index in [9.17, 15) is 18.0 Å². The first-order chi connectivity index (χ1) is 9.96. The molecule has 8 nitrogen and oxygen atoms in total. The summed E-state index contributed by atoms with van der Waals surface area (Å²) in [5.41, 5.74) is 0.674. The Hall–Kier alpha value is -1.87. The van der Waals surface area contributed by atoms with Crippen molar-refractivity contribution in [2.24, 2.45) is 0 Å². The van der Waals surface area contributed by atoms with Crippen LogP contribution in [0, 0.1) is 0 Å². The Labute approximate surface area is 125 Å². The predicted octanol–water partition coefficient (Wildman–Crippen LogP) is -0.956. The second-order valence-electron chi connectivity index (χ2n) is 4.31. The third-order valence-corrected chi connectivity index (χ3v) is 3.93. The third-order valence-electron chi connectivity index (χ3n) is 3.17. The number of carbonyl (C=O) groups is 2. The molecular weight excluding hydrogens is 296 g/mol. The lowest BCUT2D eigenvalue weighted by molar-refractivity contribution is -0.121. The van der Waals surface area contributed by atoms with E-state index in [0.29, 0.717) is 5.57 Å². The highest BCUT2D eigenvalue weighted by atomic mass is 32.2. The van der Waals surface area contributed by atoms with E-state index < -0.39 is 23.0 Å². The van der Waals surface area contributed by atoms with Crippen LogP contribution in [0.5, 0.6) is 0 Å². The van der Waals surface area contributed by atoms with Crippen molar-refractivity contribution in [2.45, 2.75) is 13.0 Å². The molecule has 0 aliphatic carbocycles. The number of hydrogen-bond donors (Lipinski definition) is 3. The molecule has 0 aromatic rings. The number of likely N-dealkylation sites (N-methyl/N-ethyl adjacent to an activating group) is 1. The molecule has 1 rings (SSSR count). The summed E-state index contributed by atoms with van der Waals surface area (Å²) >= 11 is 0. The van der Waals surface area contributed by atoms with E-state index >= 15 is 0 Å². The van der Waals surface area contributed by atoms with E-state index in [1.807, 2.05) is 0 Å². The second kappa shape index (κ2) is 7.79. The standard InChI is InChI=1S/C12H20N4O4S/c1-4-9(5-2)10(11(17)13-3)14-8-15-6-7-16(12(15)18)21(19)20/h4-5,10,14,21H,1,6-8H2,2-3H3,(H,13,17)/b9-5+. The first-order valence-electron chi connectivity index (χ1n) is 6.40. The average Bonchev–Trinajstić information content (AvgIpc) is 2.84. The highest BCUT2D eigenvalue weighted by molar-refractivity contribution is 7.70. The maximum Gasteiger partial charge on any atom is 0.334 e. The van der Waals surface area contributed by atoms with Crippen LogP contribution in [0.15, 0.2) is 24.3 Å². The summed E-state index contributed by atoms with van der Waals surface area (Å²) in [7, 11) is -1.41. The summed E-state index contributed by atoms with van der Waals surface area (Å²) in [5.74, 6) is -0.263. The molecule has 1 atom stereocenters. The Morgan fingerprint density at radius 2 is 2.14 bits per heavy atom. The van der Waals surface area contributed by atoms with Gasteiger partial charge in [-0.3, -0.25) is 10.1 Å². The van der Waals surface area contributed by atoms with Crippen LogP contribution in [0.3, 0.4) is 0 Å². The van der Waals surface area contributed by atoms with Crippen molar-refractivity contribution in [2.75, 3.05) is 26.8 Å². The zero-order valence-electron chi connectivity index (χ0n) is 12.0. The average molecular weight is 316 g/mol. The molecule has 2 N–H and O–H groups in total. The summed E-state index contributed by atoms with van der Waals surface area (Å²) in [4.78, 5) is 25.0. The monoisotopic (exact) mass is 316 g/mol. The van der Waals surface area contributed by atoms with Crippen LogP contribution < -0.4 is 10.6 Å². The zero-order valence-corrected chi connectivity index (χ0v) is 12.9. The quantitative estimate of drug-likeness (QED) is 0.415. The second-order valence-corrected chi connectivity index (χ2v) is 5.27. The van der Waals surface area contributed by atoms with Gasteiger partial charge in [0.1, 0.15) is 6.04 Å². The number of hydrogen-bond acceptors (Lipinski definition) is 5. The van der Waals surface area contributed by atoms with Crippen molar-refractivity contribution in [3.63, 3.8) is 0 Å². The molecule has 1 saturated heterocycles. The first-order valence-corrected chi connectivity index (χ1v) is 7.53. The van der Waals surface area contributed by atoms with Gasteiger partial charge in [0.05, 0.1) is 13.2 Å². The van der Waals surface area contributed by atoms with Crippen LogP contribution in [-0.4, -0.2) is 62.4 Å². The Morgan fingerprint density at radius 3 is 2.57 bits per heavy atom. The number of urea groups is 1. The molecule has 1 aliphatic rings. The van der Waals surface area contributed by atoms with E-state index in [0.717, 1.165) is 4.31 Å². The van der Waals surface area contributed by atoms with Gasteiger partial charge in [0.15, 0.2) is 0 Å². The fraction of sp³-hybridized carbons (Fsp3) is 0.500. The van der Waals surface area contributed by atoms with Crippen LogP contribution in [0.4, 0.5) is 4.79 Å². The zero-order chi connectivity index (χ0) is 16.0. The van der Waals surface area contributed by atoms with Gasteiger partial charge in [-0.2, -0.15) is 0 Å².